The maximum absolute atomic E-state index is 12.0. The van der Waals surface area contributed by atoms with E-state index in [2.05, 4.69) is 20.8 Å². The van der Waals surface area contributed by atoms with E-state index in [0.717, 1.165) is 36.8 Å². The first-order chi connectivity index (χ1) is 10.9. The summed E-state index contributed by atoms with van der Waals surface area (Å²) in [6.07, 6.45) is 5.26. The number of hydrogen-bond donors (Lipinski definition) is 2. The molecule has 0 bridgehead atoms. The molecule has 124 valence electrons. The van der Waals surface area contributed by atoms with Gasteiger partial charge >= 0.3 is 12.0 Å². The van der Waals surface area contributed by atoms with Crippen LogP contribution in [0.3, 0.4) is 0 Å². The van der Waals surface area contributed by atoms with Crippen LogP contribution < -0.4 is 10.6 Å². The number of aromatic nitrogens is 2. The fraction of sp³-hybridized carbons (Fsp3) is 0.462. The van der Waals surface area contributed by atoms with Crippen LogP contribution in [0.2, 0.25) is 0 Å². The first kappa shape index (κ1) is 15.5. The van der Waals surface area contributed by atoms with Crippen molar-refractivity contribution in [2.24, 2.45) is 0 Å². The molecule has 0 radical (unpaired) electrons. The van der Waals surface area contributed by atoms with Crippen LogP contribution in [-0.4, -0.2) is 30.8 Å². The molecule has 3 rings (SSSR count). The summed E-state index contributed by atoms with van der Waals surface area (Å²) in [6, 6.07) is 1.05. The van der Waals surface area contributed by atoms with Crippen molar-refractivity contribution < 1.29 is 22.2 Å². The number of fused-ring (bicyclic) bond motifs is 1. The highest BCUT2D eigenvalue weighted by atomic mass is 32.2. The summed E-state index contributed by atoms with van der Waals surface area (Å²) in [4.78, 5) is 15.8. The van der Waals surface area contributed by atoms with Crippen LogP contribution >= 0.6 is 0 Å². The van der Waals surface area contributed by atoms with Gasteiger partial charge in [-0.3, -0.25) is 5.32 Å². The van der Waals surface area contributed by atoms with Crippen LogP contribution in [0.5, 0.6) is 0 Å². The van der Waals surface area contributed by atoms with Crippen molar-refractivity contribution in [2.45, 2.75) is 31.1 Å². The summed E-state index contributed by atoms with van der Waals surface area (Å²) >= 11 is 0. The lowest BCUT2D eigenvalue weighted by Gasteiger charge is -2.22. The zero-order chi connectivity index (χ0) is 16.4. The van der Waals surface area contributed by atoms with Crippen molar-refractivity contribution in [1.29, 1.82) is 0 Å². The van der Waals surface area contributed by atoms with E-state index in [0.29, 0.717) is 0 Å². The molecule has 2 aromatic rings. The second kappa shape index (κ2) is 6.03. The van der Waals surface area contributed by atoms with Gasteiger partial charge in [0.05, 0.1) is 12.3 Å². The van der Waals surface area contributed by atoms with Gasteiger partial charge in [0.1, 0.15) is 11.5 Å². The fourth-order valence-electron chi connectivity index (χ4n) is 2.53. The average Bonchev–Trinajstić information content (AvgIpc) is 3.06. The van der Waals surface area contributed by atoms with Crippen molar-refractivity contribution in [3.8, 4) is 0 Å². The third kappa shape index (κ3) is 3.89. The minimum absolute atomic E-state index is 0.00223. The van der Waals surface area contributed by atoms with E-state index in [1.807, 2.05) is 6.07 Å². The maximum atomic E-state index is 12.0. The molecule has 0 saturated carbocycles. The number of aryl methyl sites for hydroxylation is 1. The number of amides is 2. The van der Waals surface area contributed by atoms with E-state index in [1.165, 1.54) is 0 Å². The summed E-state index contributed by atoms with van der Waals surface area (Å²) in [5, 5.41) is 8.72. The third-order valence-electron chi connectivity index (χ3n) is 3.44. The molecule has 0 fully saturated rings. The van der Waals surface area contributed by atoms with Crippen molar-refractivity contribution >= 4 is 21.9 Å². The van der Waals surface area contributed by atoms with Gasteiger partial charge in [-0.1, -0.05) is 5.16 Å². The number of carbonyl (C=O) groups excluding carboxylic acids is 1. The number of furan rings is 1. The second-order valence-corrected chi connectivity index (χ2v) is 7.57. The van der Waals surface area contributed by atoms with Crippen molar-refractivity contribution in [3.05, 3.63) is 29.5 Å². The largest absolute Gasteiger partial charge is 0.469 e. The molecule has 2 heterocycles. The van der Waals surface area contributed by atoms with E-state index in [1.54, 1.807) is 6.26 Å². The van der Waals surface area contributed by atoms with Crippen LogP contribution in [0, 0.1) is 0 Å². The van der Waals surface area contributed by atoms with Gasteiger partial charge < -0.3 is 14.3 Å². The highest BCUT2D eigenvalue weighted by Crippen LogP contribution is 2.30. The number of nitrogens with zero attached hydrogens (tertiary/aromatic N) is 2. The van der Waals surface area contributed by atoms with E-state index < -0.39 is 15.9 Å². The molecule has 10 heteroatoms. The Bertz CT molecular complexity index is 810. The molecular weight excluding hydrogens is 324 g/mol. The van der Waals surface area contributed by atoms with Gasteiger partial charge in [-0.15, -0.1) is 0 Å². The predicted molar refractivity (Wildman–Crippen MR) is 79.4 cm³/mol. The molecule has 1 unspecified atom stereocenters. The van der Waals surface area contributed by atoms with Crippen LogP contribution in [-0.2, 0) is 22.0 Å². The summed E-state index contributed by atoms with van der Waals surface area (Å²) in [6.45, 7) is 0. The summed E-state index contributed by atoms with van der Waals surface area (Å²) in [5.74, 6) is 0.535. The van der Waals surface area contributed by atoms with E-state index >= 15 is 0 Å². The van der Waals surface area contributed by atoms with Gasteiger partial charge in [0, 0.05) is 18.2 Å². The maximum Gasteiger partial charge on any atom is 0.329 e. The van der Waals surface area contributed by atoms with Gasteiger partial charge in [0.25, 0.3) is 0 Å². The highest BCUT2D eigenvalue weighted by Gasteiger charge is 2.24. The lowest BCUT2D eigenvalue weighted by Crippen LogP contribution is -2.34. The monoisotopic (exact) mass is 340 g/mol. The van der Waals surface area contributed by atoms with Crippen LogP contribution in [0.25, 0.3) is 0 Å². The SMILES string of the molecule is CS(=O)(=O)Cc1noc(NC(=O)NC2CCCc3occc32)n1. The number of anilines is 1. The molecule has 0 spiro atoms. The smallest absolute Gasteiger partial charge is 0.329 e. The third-order valence-corrected chi connectivity index (χ3v) is 4.22. The Morgan fingerprint density at radius 1 is 1.48 bits per heavy atom. The van der Waals surface area contributed by atoms with E-state index in [-0.39, 0.29) is 23.6 Å². The van der Waals surface area contributed by atoms with E-state index in [9.17, 15) is 13.2 Å². The Morgan fingerprint density at radius 2 is 2.30 bits per heavy atom. The minimum Gasteiger partial charge on any atom is -0.469 e. The Hall–Kier alpha value is -2.36. The van der Waals surface area contributed by atoms with Gasteiger partial charge in [-0.05, 0) is 18.9 Å². The first-order valence-electron chi connectivity index (χ1n) is 7.05. The predicted octanol–water partition coefficient (Wildman–Crippen LogP) is 1.41. The molecule has 2 N–H and O–H groups in total. The Morgan fingerprint density at radius 3 is 3.09 bits per heavy atom. The van der Waals surface area contributed by atoms with Crippen molar-refractivity contribution in [1.82, 2.24) is 15.5 Å². The quantitative estimate of drug-likeness (QED) is 0.861. The fourth-order valence-corrected chi connectivity index (χ4v) is 3.11. The summed E-state index contributed by atoms with van der Waals surface area (Å²) in [7, 11) is -3.27. The van der Waals surface area contributed by atoms with Crippen molar-refractivity contribution in [2.75, 3.05) is 11.6 Å². The first-order valence-corrected chi connectivity index (χ1v) is 9.11. The molecule has 23 heavy (non-hydrogen) atoms. The van der Waals surface area contributed by atoms with Gasteiger partial charge in [0.2, 0.25) is 0 Å². The zero-order valence-electron chi connectivity index (χ0n) is 12.4. The standard InChI is InChI=1S/C13H16N4O5S/c1-23(19,20)7-11-15-13(22-17-11)16-12(18)14-9-3-2-4-10-8(9)5-6-21-10/h5-6,9H,2-4,7H2,1H3,(H2,14,15,16,17,18). The zero-order valence-corrected chi connectivity index (χ0v) is 13.2. The molecule has 0 aromatic carbocycles. The Labute approximate surface area is 132 Å². The van der Waals surface area contributed by atoms with Crippen LogP contribution in [0.1, 0.15) is 36.0 Å². The molecular formula is C13H16N4O5S. The molecule has 1 atom stereocenters. The molecule has 1 aliphatic carbocycles. The lowest BCUT2D eigenvalue weighted by molar-refractivity contribution is 0.245. The normalized spacial score (nSPS) is 17.5. The number of nitrogens with one attached hydrogen (secondary N) is 2. The number of rotatable bonds is 4. The number of urea groups is 1. The Balaban J connectivity index is 1.60. The van der Waals surface area contributed by atoms with E-state index in [4.69, 9.17) is 8.94 Å². The number of carbonyl (C=O) groups is 1. The number of hydrogen-bond acceptors (Lipinski definition) is 7. The topological polar surface area (TPSA) is 127 Å². The Kier molecular flexibility index (Phi) is 4.07. The summed E-state index contributed by atoms with van der Waals surface area (Å²) in [5.41, 5.74) is 0.967. The average molecular weight is 340 g/mol. The highest BCUT2D eigenvalue weighted by molar-refractivity contribution is 7.89. The molecule has 1 aliphatic rings. The minimum atomic E-state index is -3.27. The van der Waals surface area contributed by atoms with Crippen LogP contribution in [0.4, 0.5) is 10.8 Å². The van der Waals surface area contributed by atoms with Gasteiger partial charge in [-0.2, -0.15) is 4.98 Å². The molecule has 9 nitrogen and oxygen atoms in total. The molecule has 2 aromatic heterocycles. The second-order valence-electron chi connectivity index (χ2n) is 5.43. The van der Waals surface area contributed by atoms with Crippen molar-refractivity contribution in [3.63, 3.8) is 0 Å². The molecule has 0 saturated heterocycles. The number of sulfone groups is 1. The van der Waals surface area contributed by atoms with Gasteiger partial charge in [-0.25, -0.2) is 13.2 Å². The molecule has 2 amide bonds. The molecule has 0 aliphatic heterocycles. The lowest BCUT2D eigenvalue weighted by atomic mass is 9.93. The summed E-state index contributed by atoms with van der Waals surface area (Å²) < 4.78 is 32.5. The van der Waals surface area contributed by atoms with Gasteiger partial charge in [0.15, 0.2) is 15.7 Å². The van der Waals surface area contributed by atoms with Crippen LogP contribution in [0.15, 0.2) is 21.3 Å².